The van der Waals surface area contributed by atoms with E-state index in [1.807, 2.05) is 42.5 Å². The van der Waals surface area contributed by atoms with E-state index in [1.54, 1.807) is 0 Å². The summed E-state index contributed by atoms with van der Waals surface area (Å²) in [7, 11) is 0. The Morgan fingerprint density at radius 3 is 2.55 bits per heavy atom. The minimum absolute atomic E-state index is 0.177. The average molecular weight is 290 g/mol. The number of fused-ring (bicyclic) bond motifs is 2. The molecule has 0 aliphatic heterocycles. The Labute approximate surface area is 125 Å². The van der Waals surface area contributed by atoms with Gasteiger partial charge in [-0.2, -0.15) is 0 Å². The Balaban J connectivity index is 2.06. The number of halogens is 1. The fourth-order valence-corrected chi connectivity index (χ4v) is 2.70. The van der Waals surface area contributed by atoms with E-state index in [0.717, 1.165) is 16.3 Å². The van der Waals surface area contributed by atoms with E-state index in [9.17, 15) is 9.18 Å². The molecule has 2 nitrogen and oxygen atoms in total. The summed E-state index contributed by atoms with van der Waals surface area (Å²) in [6.07, 6.45) is 0. The Bertz CT molecular complexity index is 1060. The van der Waals surface area contributed by atoms with E-state index in [-0.39, 0.29) is 11.0 Å². The van der Waals surface area contributed by atoms with Crippen molar-refractivity contribution in [2.75, 3.05) is 0 Å². The number of hydrogen-bond donors (Lipinski definition) is 0. The maximum Gasteiger partial charge on any atom is 0.193 e. The molecule has 3 aromatic carbocycles. The zero-order chi connectivity index (χ0) is 15.1. The molecule has 0 atom stereocenters. The molecule has 4 aromatic rings. The van der Waals surface area contributed by atoms with Crippen LogP contribution in [0.3, 0.4) is 0 Å². The molecule has 0 saturated heterocycles. The van der Waals surface area contributed by atoms with Crippen LogP contribution in [0.15, 0.2) is 75.9 Å². The molecule has 0 aliphatic rings. The van der Waals surface area contributed by atoms with Gasteiger partial charge < -0.3 is 4.42 Å². The fraction of sp³-hybridized carbons (Fsp3) is 0. The van der Waals surface area contributed by atoms with Gasteiger partial charge in [0, 0.05) is 17.7 Å². The Kier molecular flexibility index (Phi) is 2.79. The van der Waals surface area contributed by atoms with Crippen molar-refractivity contribution in [3.8, 4) is 11.3 Å². The minimum atomic E-state index is -0.425. The summed E-state index contributed by atoms with van der Waals surface area (Å²) in [6, 6.07) is 19.1. The van der Waals surface area contributed by atoms with Crippen LogP contribution in [0.5, 0.6) is 0 Å². The average Bonchev–Trinajstić information content (AvgIpc) is 2.53. The van der Waals surface area contributed by atoms with Gasteiger partial charge in [-0.1, -0.05) is 42.5 Å². The standard InChI is InChI=1S/C19H11FO2/c20-13-8-9-16-17(21)11-19(22-18(16)10-13)15-7-3-5-12-4-1-2-6-14(12)15/h1-11H. The van der Waals surface area contributed by atoms with Crippen LogP contribution in [-0.2, 0) is 0 Å². The molecule has 22 heavy (non-hydrogen) atoms. The van der Waals surface area contributed by atoms with Crippen molar-refractivity contribution in [3.63, 3.8) is 0 Å². The topological polar surface area (TPSA) is 30.2 Å². The van der Waals surface area contributed by atoms with Gasteiger partial charge in [0.15, 0.2) is 5.43 Å². The predicted molar refractivity (Wildman–Crippen MR) is 85.4 cm³/mol. The summed E-state index contributed by atoms with van der Waals surface area (Å²) in [4.78, 5) is 12.2. The SMILES string of the molecule is O=c1cc(-c2cccc3ccccc23)oc2cc(F)ccc12. The highest BCUT2D eigenvalue weighted by Gasteiger charge is 2.10. The van der Waals surface area contributed by atoms with Crippen LogP contribution in [0.2, 0.25) is 0 Å². The van der Waals surface area contributed by atoms with Crippen LogP contribution in [0.25, 0.3) is 33.1 Å². The third-order valence-electron chi connectivity index (χ3n) is 3.75. The van der Waals surface area contributed by atoms with Crippen molar-refractivity contribution in [2.45, 2.75) is 0 Å². The van der Waals surface area contributed by atoms with Gasteiger partial charge in [0.1, 0.15) is 17.2 Å². The second-order valence-electron chi connectivity index (χ2n) is 5.14. The summed E-state index contributed by atoms with van der Waals surface area (Å²) >= 11 is 0. The predicted octanol–water partition coefficient (Wildman–Crippen LogP) is 4.75. The first-order valence-electron chi connectivity index (χ1n) is 6.94. The summed E-state index contributed by atoms with van der Waals surface area (Å²) in [5.41, 5.74) is 0.904. The van der Waals surface area contributed by atoms with Crippen molar-refractivity contribution in [1.29, 1.82) is 0 Å². The molecular formula is C19H11FO2. The number of hydrogen-bond acceptors (Lipinski definition) is 2. The van der Waals surface area contributed by atoms with Crippen molar-refractivity contribution in [2.24, 2.45) is 0 Å². The fourth-order valence-electron chi connectivity index (χ4n) is 2.70. The quantitative estimate of drug-likeness (QED) is 0.506. The van der Waals surface area contributed by atoms with Crippen molar-refractivity contribution < 1.29 is 8.81 Å². The lowest BCUT2D eigenvalue weighted by molar-refractivity contribution is 0.599. The highest BCUT2D eigenvalue weighted by atomic mass is 19.1. The highest BCUT2D eigenvalue weighted by molar-refractivity contribution is 5.96. The van der Waals surface area contributed by atoms with E-state index >= 15 is 0 Å². The first kappa shape index (κ1) is 12.8. The molecule has 4 rings (SSSR count). The van der Waals surface area contributed by atoms with Crippen LogP contribution < -0.4 is 5.43 Å². The number of benzene rings is 3. The van der Waals surface area contributed by atoms with Gasteiger partial charge in [0.25, 0.3) is 0 Å². The zero-order valence-corrected chi connectivity index (χ0v) is 11.5. The van der Waals surface area contributed by atoms with Crippen molar-refractivity contribution >= 4 is 21.7 Å². The normalized spacial score (nSPS) is 11.1. The van der Waals surface area contributed by atoms with Gasteiger partial charge in [0.2, 0.25) is 0 Å². The van der Waals surface area contributed by atoms with Gasteiger partial charge in [-0.3, -0.25) is 4.79 Å². The smallest absolute Gasteiger partial charge is 0.193 e. The van der Waals surface area contributed by atoms with Crippen LogP contribution in [0.1, 0.15) is 0 Å². The summed E-state index contributed by atoms with van der Waals surface area (Å²) in [5, 5.41) is 2.43. The second-order valence-corrected chi connectivity index (χ2v) is 5.14. The molecule has 0 N–H and O–H groups in total. The third-order valence-corrected chi connectivity index (χ3v) is 3.75. The van der Waals surface area contributed by atoms with E-state index in [0.29, 0.717) is 11.1 Å². The third kappa shape index (κ3) is 1.99. The maximum absolute atomic E-state index is 13.4. The Morgan fingerprint density at radius 2 is 1.64 bits per heavy atom. The van der Waals surface area contributed by atoms with Crippen LogP contribution >= 0.6 is 0 Å². The molecule has 0 amide bonds. The minimum Gasteiger partial charge on any atom is -0.456 e. The summed E-state index contributed by atoms with van der Waals surface area (Å²) in [6.45, 7) is 0. The molecule has 0 spiro atoms. The molecule has 1 heterocycles. The Morgan fingerprint density at radius 1 is 0.818 bits per heavy atom. The molecule has 3 heteroatoms. The summed E-state index contributed by atoms with van der Waals surface area (Å²) < 4.78 is 19.2. The van der Waals surface area contributed by atoms with Crippen LogP contribution in [-0.4, -0.2) is 0 Å². The van der Waals surface area contributed by atoms with Crippen LogP contribution in [0, 0.1) is 5.82 Å². The van der Waals surface area contributed by atoms with Gasteiger partial charge in [0.05, 0.1) is 5.39 Å². The molecule has 0 aliphatic carbocycles. The monoisotopic (exact) mass is 290 g/mol. The molecular weight excluding hydrogens is 279 g/mol. The highest BCUT2D eigenvalue weighted by Crippen LogP contribution is 2.29. The van der Waals surface area contributed by atoms with E-state index in [2.05, 4.69) is 0 Å². The molecule has 1 aromatic heterocycles. The lowest BCUT2D eigenvalue weighted by Gasteiger charge is -2.07. The van der Waals surface area contributed by atoms with Crippen molar-refractivity contribution in [3.05, 3.63) is 82.8 Å². The molecule has 0 radical (unpaired) electrons. The van der Waals surface area contributed by atoms with Gasteiger partial charge in [-0.15, -0.1) is 0 Å². The lowest BCUT2D eigenvalue weighted by Crippen LogP contribution is -2.00. The van der Waals surface area contributed by atoms with Gasteiger partial charge in [-0.05, 0) is 22.9 Å². The van der Waals surface area contributed by atoms with Gasteiger partial charge in [-0.25, -0.2) is 4.39 Å². The van der Waals surface area contributed by atoms with E-state index in [4.69, 9.17) is 4.42 Å². The first-order chi connectivity index (χ1) is 10.7. The lowest BCUT2D eigenvalue weighted by atomic mass is 10.0. The largest absolute Gasteiger partial charge is 0.456 e. The summed E-state index contributed by atoms with van der Waals surface area (Å²) in [5.74, 6) is 0.0191. The zero-order valence-electron chi connectivity index (χ0n) is 11.5. The van der Waals surface area contributed by atoms with E-state index < -0.39 is 5.82 Å². The van der Waals surface area contributed by atoms with Crippen molar-refractivity contribution in [1.82, 2.24) is 0 Å². The molecule has 0 saturated carbocycles. The Hall–Kier alpha value is -2.94. The second kappa shape index (κ2) is 4.81. The number of rotatable bonds is 1. The van der Waals surface area contributed by atoms with Crippen LogP contribution in [0.4, 0.5) is 4.39 Å². The molecule has 106 valence electrons. The van der Waals surface area contributed by atoms with E-state index in [1.165, 1.54) is 24.3 Å². The molecule has 0 unspecified atom stereocenters. The van der Waals surface area contributed by atoms with Gasteiger partial charge >= 0.3 is 0 Å². The molecule has 0 bridgehead atoms. The first-order valence-corrected chi connectivity index (χ1v) is 6.94. The maximum atomic E-state index is 13.4. The molecule has 0 fully saturated rings.